The molecule has 0 N–H and O–H groups in total. The molecular formula is C12H14N4S. The molecule has 5 heteroatoms. The summed E-state index contributed by atoms with van der Waals surface area (Å²) < 4.78 is 0. The molecule has 4 nitrogen and oxygen atoms in total. The van der Waals surface area contributed by atoms with Gasteiger partial charge in [0, 0.05) is 5.56 Å². The molecule has 88 valence electrons. The summed E-state index contributed by atoms with van der Waals surface area (Å²) in [5.74, 6) is 0.564. The van der Waals surface area contributed by atoms with Crippen molar-refractivity contribution in [2.24, 2.45) is 0 Å². The summed E-state index contributed by atoms with van der Waals surface area (Å²) in [5, 5.41) is 17.6. The monoisotopic (exact) mass is 246 g/mol. The second kappa shape index (κ2) is 5.63. The Morgan fingerprint density at radius 1 is 1.06 bits per heavy atom. The molecule has 0 amide bonds. The normalized spacial score (nSPS) is 10.5. The van der Waals surface area contributed by atoms with Crippen LogP contribution in [0.2, 0.25) is 0 Å². The van der Waals surface area contributed by atoms with E-state index in [4.69, 9.17) is 0 Å². The van der Waals surface area contributed by atoms with Gasteiger partial charge in [-0.15, -0.1) is 20.4 Å². The Morgan fingerprint density at radius 3 is 2.29 bits per heavy atom. The largest absolute Gasteiger partial charge is 0.203 e. The Balaban J connectivity index is 2.16. The molecule has 0 aliphatic carbocycles. The molecule has 2 rings (SSSR count). The third kappa shape index (κ3) is 3.42. The average molecular weight is 246 g/mol. The van der Waals surface area contributed by atoms with E-state index in [1.54, 1.807) is 0 Å². The number of rotatable bonds is 3. The van der Waals surface area contributed by atoms with Crippen LogP contribution in [0.1, 0.15) is 5.56 Å². The Morgan fingerprint density at radius 2 is 1.71 bits per heavy atom. The summed E-state index contributed by atoms with van der Waals surface area (Å²) in [6, 6.07) is 8.20. The molecule has 17 heavy (non-hydrogen) atoms. The van der Waals surface area contributed by atoms with E-state index in [0.717, 1.165) is 12.0 Å². The van der Waals surface area contributed by atoms with Crippen LogP contribution in [0.15, 0.2) is 30.6 Å². The number of hydrogen-bond donors (Lipinski definition) is 0. The second-order valence-corrected chi connectivity index (χ2v) is 5.91. The highest BCUT2D eigenvalue weighted by Gasteiger charge is 2.00. The predicted molar refractivity (Wildman–Crippen MR) is 72.3 cm³/mol. The summed E-state index contributed by atoms with van der Waals surface area (Å²) in [6.45, 7) is 0. The maximum Gasteiger partial charge on any atom is 0.203 e. The molecule has 0 saturated carbocycles. The van der Waals surface area contributed by atoms with Gasteiger partial charge in [0.2, 0.25) is 5.82 Å². The molecule has 0 aliphatic rings. The van der Waals surface area contributed by atoms with Crippen LogP contribution in [0.4, 0.5) is 0 Å². The lowest BCUT2D eigenvalue weighted by molar-refractivity contribution is 0.864. The lowest BCUT2D eigenvalue weighted by atomic mass is 10.1. The average Bonchev–Trinajstić information content (AvgIpc) is 2.38. The smallest absolute Gasteiger partial charge is 0.196 e. The van der Waals surface area contributed by atoms with Crippen LogP contribution in [0.25, 0.3) is 11.4 Å². The molecule has 0 unspecified atom stereocenters. The molecule has 0 fully saturated rings. The first-order chi connectivity index (χ1) is 8.25. The topological polar surface area (TPSA) is 51.6 Å². The van der Waals surface area contributed by atoms with Gasteiger partial charge in [-0.2, -0.15) is 10.5 Å². The zero-order valence-electron chi connectivity index (χ0n) is 9.87. The van der Waals surface area contributed by atoms with Crippen LogP contribution in [0.3, 0.4) is 0 Å². The van der Waals surface area contributed by atoms with Gasteiger partial charge in [-0.25, -0.2) is 0 Å². The minimum Gasteiger partial charge on any atom is -0.196 e. The zero-order chi connectivity index (χ0) is 12.1. The number of benzene rings is 1. The van der Waals surface area contributed by atoms with Gasteiger partial charge in [0.05, 0.1) is 0 Å². The summed E-state index contributed by atoms with van der Waals surface area (Å²) in [6.07, 6.45) is 6.76. The van der Waals surface area contributed by atoms with Gasteiger partial charge < -0.3 is 0 Å². The minimum absolute atomic E-state index is 0.373. The number of nitrogens with zero attached hydrogens (tertiary/aromatic N) is 4. The Kier molecular flexibility index (Phi) is 3.93. The van der Waals surface area contributed by atoms with Crippen molar-refractivity contribution in [3.05, 3.63) is 36.2 Å². The highest BCUT2D eigenvalue weighted by Crippen LogP contribution is 2.14. The van der Waals surface area contributed by atoms with Crippen molar-refractivity contribution in [1.29, 1.82) is 0 Å². The summed E-state index contributed by atoms with van der Waals surface area (Å²) in [4.78, 5) is 0. The van der Waals surface area contributed by atoms with Crippen molar-refractivity contribution in [3.63, 3.8) is 0 Å². The van der Waals surface area contributed by atoms with Gasteiger partial charge in [-0.3, -0.25) is 0 Å². The molecule has 0 spiro atoms. The van der Waals surface area contributed by atoms with E-state index in [0.29, 0.717) is 16.3 Å². The van der Waals surface area contributed by atoms with Crippen molar-refractivity contribution in [2.75, 3.05) is 12.5 Å². The highest BCUT2D eigenvalue weighted by molar-refractivity contribution is 8.13. The maximum absolute atomic E-state index is 3.92. The van der Waals surface area contributed by atoms with E-state index in [9.17, 15) is 0 Å². The van der Waals surface area contributed by atoms with Crippen LogP contribution in [-0.4, -0.2) is 38.3 Å². The fraction of sp³-hybridized carbons (Fsp3) is 0.250. The Hall–Kier alpha value is -1.62. The maximum atomic E-state index is 3.92. The summed E-state index contributed by atoms with van der Waals surface area (Å²) >= 11 is 0. The lowest BCUT2D eigenvalue weighted by Gasteiger charge is -2.00. The quantitative estimate of drug-likeness (QED) is 0.775. The van der Waals surface area contributed by atoms with Gasteiger partial charge in [-0.05, 0) is 24.5 Å². The van der Waals surface area contributed by atoms with Gasteiger partial charge in [0.15, 0.2) is 6.33 Å². The first-order valence-corrected chi connectivity index (χ1v) is 7.35. The van der Waals surface area contributed by atoms with Gasteiger partial charge >= 0.3 is 0 Å². The van der Waals surface area contributed by atoms with Crippen LogP contribution in [0, 0.1) is 0 Å². The van der Waals surface area contributed by atoms with Crippen molar-refractivity contribution in [1.82, 2.24) is 20.4 Å². The van der Waals surface area contributed by atoms with Gasteiger partial charge in [0.25, 0.3) is 0 Å². The number of hydrogen-bond acceptors (Lipinski definition) is 4. The van der Waals surface area contributed by atoms with E-state index in [-0.39, 0.29) is 0 Å². The van der Waals surface area contributed by atoms with Gasteiger partial charge in [0.1, 0.15) is 0 Å². The lowest BCUT2D eigenvalue weighted by Crippen LogP contribution is -1.94. The van der Waals surface area contributed by atoms with Crippen molar-refractivity contribution in [2.45, 2.75) is 6.42 Å². The van der Waals surface area contributed by atoms with E-state index >= 15 is 0 Å². The predicted octanol–water partition coefficient (Wildman–Crippen LogP) is 1.81. The molecule has 0 radical (unpaired) electrons. The van der Waals surface area contributed by atoms with Crippen LogP contribution in [-0.2, 0) is 6.42 Å². The first kappa shape index (κ1) is 11.9. The molecule has 0 saturated heterocycles. The van der Waals surface area contributed by atoms with Crippen molar-refractivity contribution in [3.8, 4) is 11.4 Å². The zero-order valence-corrected chi connectivity index (χ0v) is 10.7. The fourth-order valence-electron chi connectivity index (χ4n) is 1.37. The Labute approximate surface area is 103 Å². The SMILES string of the molecule is CS(C)=CCc1ccc(-c2nncnn2)cc1. The van der Waals surface area contributed by atoms with Crippen LogP contribution >= 0.6 is 10.5 Å². The molecule has 1 heterocycles. The van der Waals surface area contributed by atoms with Crippen LogP contribution < -0.4 is 0 Å². The van der Waals surface area contributed by atoms with E-state index < -0.39 is 0 Å². The first-order valence-electron chi connectivity index (χ1n) is 5.25. The van der Waals surface area contributed by atoms with Crippen molar-refractivity contribution >= 4 is 15.9 Å². The van der Waals surface area contributed by atoms with E-state index in [1.807, 2.05) is 12.1 Å². The summed E-state index contributed by atoms with van der Waals surface area (Å²) in [5.41, 5.74) is 2.24. The standard InChI is InChI=1S/C12H14N4S/c1-17(2)8-7-10-3-5-11(6-4-10)12-15-13-9-14-16-12/h3-6,8-9H,7H2,1-2H3. The molecule has 0 atom stereocenters. The van der Waals surface area contributed by atoms with Gasteiger partial charge in [-0.1, -0.05) is 29.6 Å². The highest BCUT2D eigenvalue weighted by atomic mass is 32.2. The molecular weight excluding hydrogens is 232 g/mol. The summed E-state index contributed by atoms with van der Waals surface area (Å²) in [7, 11) is 0.373. The Bertz CT molecular complexity index is 504. The molecule has 0 aliphatic heterocycles. The van der Waals surface area contributed by atoms with Crippen molar-refractivity contribution < 1.29 is 0 Å². The van der Waals surface area contributed by atoms with Crippen LogP contribution in [0.5, 0.6) is 0 Å². The molecule has 0 bridgehead atoms. The third-order valence-electron chi connectivity index (χ3n) is 2.27. The molecule has 2 aromatic rings. The molecule has 1 aromatic heterocycles. The minimum atomic E-state index is 0.373. The fourth-order valence-corrected chi connectivity index (χ4v) is 1.90. The number of aromatic nitrogens is 4. The van der Waals surface area contributed by atoms with E-state index in [1.165, 1.54) is 11.9 Å². The second-order valence-electron chi connectivity index (χ2n) is 3.82. The molecule has 1 aromatic carbocycles. The third-order valence-corrected chi connectivity index (χ3v) is 3.11. The van der Waals surface area contributed by atoms with E-state index in [2.05, 4.69) is 50.4 Å².